The van der Waals surface area contributed by atoms with Crippen LogP contribution in [0, 0.1) is 0 Å². The molecule has 0 rings (SSSR count). The fourth-order valence-electron chi connectivity index (χ4n) is 3.17. The molecule has 0 aliphatic carbocycles. The molecule has 7 N–H and O–H groups in total. The van der Waals surface area contributed by atoms with Crippen molar-refractivity contribution in [3.05, 3.63) is 0 Å². The molecule has 0 aromatic rings. The number of amides is 2. The smallest absolute Gasteiger partial charge is 0.329 e. The number of carbonyl (C=O) groups is 4. The highest BCUT2D eigenvalue weighted by Gasteiger charge is 2.23. The van der Waals surface area contributed by atoms with Crippen LogP contribution >= 0.6 is 21.6 Å². The summed E-state index contributed by atoms with van der Waals surface area (Å²) in [6, 6.07) is -1.85. The summed E-state index contributed by atoms with van der Waals surface area (Å²) in [6.45, 7) is 1.34. The van der Waals surface area contributed by atoms with E-state index in [2.05, 4.69) is 10.6 Å². The fourth-order valence-corrected chi connectivity index (χ4v) is 5.48. The van der Waals surface area contributed by atoms with Gasteiger partial charge in [0.05, 0.1) is 7.11 Å². The molecule has 2 unspecified atom stereocenters. The minimum Gasteiger partial charge on any atom is -0.480 e. The maximum absolute atomic E-state index is 12.2. The lowest BCUT2D eigenvalue weighted by Gasteiger charge is -2.17. The zero-order valence-electron chi connectivity index (χ0n) is 20.9. The van der Waals surface area contributed by atoms with Gasteiger partial charge < -0.3 is 31.9 Å². The molecular weight excluding hydrogens is 492 g/mol. The number of rotatable bonds is 23. The highest BCUT2D eigenvalue weighted by Crippen LogP contribution is 2.23. The third-order valence-electron chi connectivity index (χ3n) is 5.22. The van der Waals surface area contributed by atoms with Crippen molar-refractivity contribution in [3.8, 4) is 0 Å². The molecule has 12 heteroatoms. The van der Waals surface area contributed by atoms with Gasteiger partial charge in [-0.1, -0.05) is 60.1 Å². The summed E-state index contributed by atoms with van der Waals surface area (Å²) in [7, 11) is 3.73. The van der Waals surface area contributed by atoms with E-state index in [1.807, 2.05) is 0 Å². The fraction of sp³-hybridized carbons (Fsp3) is 0.826. The van der Waals surface area contributed by atoms with E-state index >= 15 is 0 Å². The number of nitrogens with one attached hydrogen (secondary N) is 2. The lowest BCUT2D eigenvalue weighted by atomic mass is 10.1. The van der Waals surface area contributed by atoms with Crippen LogP contribution in [0.15, 0.2) is 0 Å². The van der Waals surface area contributed by atoms with Crippen LogP contribution in [0.3, 0.4) is 0 Å². The van der Waals surface area contributed by atoms with Crippen LogP contribution in [0.4, 0.5) is 0 Å². The van der Waals surface area contributed by atoms with Crippen LogP contribution in [-0.4, -0.2) is 72.6 Å². The van der Waals surface area contributed by atoms with Gasteiger partial charge in [-0.15, -0.1) is 0 Å². The van der Waals surface area contributed by atoms with Gasteiger partial charge in [0.1, 0.15) is 12.1 Å². The molecular formula is C23H44N4O6S2. The van der Waals surface area contributed by atoms with Crippen LogP contribution < -0.4 is 22.1 Å². The third kappa shape index (κ3) is 19.4. The second kappa shape index (κ2) is 22.9. The Morgan fingerprint density at radius 3 is 1.54 bits per heavy atom. The summed E-state index contributed by atoms with van der Waals surface area (Å²) < 4.78 is 4.78. The molecule has 0 radical (unpaired) electrons. The predicted octanol–water partition coefficient (Wildman–Crippen LogP) is 2.19. The Bertz CT molecular complexity index is 613. The summed E-state index contributed by atoms with van der Waals surface area (Å²) in [6.07, 6.45) is 9.95. The second-order valence-electron chi connectivity index (χ2n) is 8.28. The average molecular weight is 537 g/mol. The van der Waals surface area contributed by atoms with Gasteiger partial charge in [-0.05, 0) is 38.8 Å². The van der Waals surface area contributed by atoms with Gasteiger partial charge in [-0.3, -0.25) is 9.59 Å². The quantitative estimate of drug-likeness (QED) is 0.0739. The van der Waals surface area contributed by atoms with Crippen LogP contribution in [0.5, 0.6) is 0 Å². The van der Waals surface area contributed by atoms with E-state index in [-0.39, 0.29) is 29.7 Å². The molecule has 10 nitrogen and oxygen atoms in total. The van der Waals surface area contributed by atoms with Crippen LogP contribution in [0.1, 0.15) is 77.0 Å². The Kier molecular flexibility index (Phi) is 21.9. The Labute approximate surface area is 217 Å². The van der Waals surface area contributed by atoms with E-state index in [4.69, 9.17) is 16.2 Å². The van der Waals surface area contributed by atoms with E-state index in [9.17, 15) is 24.3 Å². The molecule has 2 amide bonds. The Morgan fingerprint density at radius 2 is 1.11 bits per heavy atom. The van der Waals surface area contributed by atoms with Crippen LogP contribution in [0.25, 0.3) is 0 Å². The number of carboxylic acids is 1. The van der Waals surface area contributed by atoms with E-state index in [0.717, 1.165) is 57.8 Å². The molecule has 35 heavy (non-hydrogen) atoms. The van der Waals surface area contributed by atoms with Gasteiger partial charge in [0.15, 0.2) is 0 Å². The molecule has 0 bridgehead atoms. The van der Waals surface area contributed by atoms with Gasteiger partial charge in [0.25, 0.3) is 0 Å². The summed E-state index contributed by atoms with van der Waals surface area (Å²) in [5, 5.41) is 14.7. The number of ether oxygens (including phenoxy) is 1. The lowest BCUT2D eigenvalue weighted by molar-refractivity contribution is -0.144. The number of esters is 1. The van der Waals surface area contributed by atoms with Crippen molar-refractivity contribution in [2.45, 2.75) is 89.1 Å². The normalized spacial score (nSPS) is 12.5. The number of aliphatic carboxylic acids is 1. The van der Waals surface area contributed by atoms with E-state index in [1.54, 1.807) is 0 Å². The maximum Gasteiger partial charge on any atom is 0.329 e. The van der Waals surface area contributed by atoms with Crippen molar-refractivity contribution >= 4 is 45.3 Å². The van der Waals surface area contributed by atoms with Crippen molar-refractivity contribution < 1.29 is 29.0 Å². The van der Waals surface area contributed by atoms with Crippen molar-refractivity contribution in [1.82, 2.24) is 10.6 Å². The minimum absolute atomic E-state index is 0.132. The zero-order valence-corrected chi connectivity index (χ0v) is 22.6. The summed E-state index contributed by atoms with van der Waals surface area (Å²) in [5.74, 6) is -1.81. The van der Waals surface area contributed by atoms with Crippen molar-refractivity contribution in [1.29, 1.82) is 0 Å². The van der Waals surface area contributed by atoms with Gasteiger partial charge >= 0.3 is 11.9 Å². The number of nitrogens with two attached hydrogens (primary N) is 2. The topological polar surface area (TPSA) is 174 Å². The predicted molar refractivity (Wildman–Crippen MR) is 142 cm³/mol. The van der Waals surface area contributed by atoms with Crippen LogP contribution in [-0.2, 0) is 23.9 Å². The first kappa shape index (κ1) is 33.5. The molecule has 0 aliphatic heterocycles. The second-order valence-corrected chi connectivity index (χ2v) is 10.8. The number of carbonyl (C=O) groups excluding carboxylic acids is 3. The Hall–Kier alpha value is -1.50. The summed E-state index contributed by atoms with van der Waals surface area (Å²) in [5.41, 5.74) is 10.9. The number of methoxy groups -OCH3 is 1. The first-order chi connectivity index (χ1) is 16.8. The van der Waals surface area contributed by atoms with Crippen molar-refractivity contribution in [3.63, 3.8) is 0 Å². The van der Waals surface area contributed by atoms with E-state index in [0.29, 0.717) is 25.9 Å². The van der Waals surface area contributed by atoms with E-state index < -0.39 is 24.0 Å². The number of hydrogen-bond donors (Lipinski definition) is 5. The highest BCUT2D eigenvalue weighted by atomic mass is 33.1. The lowest BCUT2D eigenvalue weighted by Crippen LogP contribution is -2.43. The van der Waals surface area contributed by atoms with Gasteiger partial charge in [-0.2, -0.15) is 0 Å². The SMILES string of the molecule is COC(=O)C(CSSCC(NC(=O)CCCCCCCN)C(=O)O)NC(=O)CCCCCCCN. The monoisotopic (exact) mass is 536 g/mol. The first-order valence-corrected chi connectivity index (χ1v) is 14.9. The van der Waals surface area contributed by atoms with Crippen LogP contribution in [0.2, 0.25) is 0 Å². The molecule has 0 aromatic carbocycles. The van der Waals surface area contributed by atoms with Gasteiger partial charge in [-0.25, -0.2) is 9.59 Å². The van der Waals surface area contributed by atoms with Crippen molar-refractivity contribution in [2.24, 2.45) is 11.5 Å². The number of hydrogen-bond acceptors (Lipinski definition) is 9. The Morgan fingerprint density at radius 1 is 0.714 bits per heavy atom. The standard InChI is InChI=1S/C23H44N4O6S2/c1-33-23(32)19(27-21(29)13-9-5-3-7-11-15-25)17-35-34-16-18(22(30)31)26-20(28)12-8-4-2-6-10-14-24/h18-19H,2-17,24-25H2,1H3,(H,26,28)(H,27,29)(H,30,31). The summed E-state index contributed by atoms with van der Waals surface area (Å²) >= 11 is 0. The highest BCUT2D eigenvalue weighted by molar-refractivity contribution is 8.76. The van der Waals surface area contributed by atoms with E-state index in [1.165, 1.54) is 28.7 Å². The molecule has 0 spiro atoms. The minimum atomic E-state index is -1.11. The summed E-state index contributed by atoms with van der Waals surface area (Å²) in [4.78, 5) is 47.8. The molecule has 0 saturated carbocycles. The molecule has 0 fully saturated rings. The molecule has 0 saturated heterocycles. The van der Waals surface area contributed by atoms with Crippen molar-refractivity contribution in [2.75, 3.05) is 31.7 Å². The number of unbranched alkanes of at least 4 members (excludes halogenated alkanes) is 8. The Balaban J connectivity index is 4.30. The zero-order chi connectivity index (χ0) is 26.3. The van der Waals surface area contributed by atoms with Gasteiger partial charge in [0, 0.05) is 24.3 Å². The molecule has 0 aliphatic rings. The first-order valence-electron chi connectivity index (χ1n) is 12.4. The average Bonchev–Trinajstić information content (AvgIpc) is 2.83. The largest absolute Gasteiger partial charge is 0.480 e. The molecule has 0 heterocycles. The van der Waals surface area contributed by atoms with Gasteiger partial charge in [0.2, 0.25) is 11.8 Å². The number of carboxylic acid groups (broad SMARTS) is 1. The molecule has 2 atom stereocenters. The third-order valence-corrected chi connectivity index (χ3v) is 7.64. The molecule has 204 valence electrons. The molecule has 0 aromatic heterocycles. The maximum atomic E-state index is 12.2.